The first-order valence-corrected chi connectivity index (χ1v) is 9.80. The van der Waals surface area contributed by atoms with E-state index in [2.05, 4.69) is 45.4 Å². The molecule has 2 aromatic rings. The maximum absolute atomic E-state index is 6.32. The highest BCUT2D eigenvalue weighted by Gasteiger charge is 2.33. The molecule has 1 saturated heterocycles. The van der Waals surface area contributed by atoms with E-state index < -0.39 is 0 Å². The average Bonchev–Trinajstić information content (AvgIpc) is 3.34. The molecule has 24 heavy (non-hydrogen) atoms. The van der Waals surface area contributed by atoms with Gasteiger partial charge in [0.25, 0.3) is 0 Å². The van der Waals surface area contributed by atoms with Gasteiger partial charge in [-0.2, -0.15) is 0 Å². The van der Waals surface area contributed by atoms with Gasteiger partial charge in [-0.05, 0) is 44.1 Å². The van der Waals surface area contributed by atoms with Crippen LogP contribution in [0.3, 0.4) is 0 Å². The van der Waals surface area contributed by atoms with E-state index >= 15 is 0 Å². The Balaban J connectivity index is 1.46. The van der Waals surface area contributed by atoms with E-state index in [1.54, 1.807) is 11.3 Å². The molecule has 2 heterocycles. The van der Waals surface area contributed by atoms with Crippen molar-refractivity contribution in [3.8, 4) is 0 Å². The van der Waals surface area contributed by atoms with Gasteiger partial charge >= 0.3 is 0 Å². The van der Waals surface area contributed by atoms with Crippen LogP contribution in [0.2, 0.25) is 0 Å². The molecule has 4 nitrogen and oxygen atoms in total. The fourth-order valence-electron chi connectivity index (χ4n) is 3.47. The van der Waals surface area contributed by atoms with Crippen LogP contribution in [0, 0.1) is 18.8 Å². The first-order valence-electron chi connectivity index (χ1n) is 8.98. The molecule has 1 aromatic carbocycles. The Bertz CT molecular complexity index is 656. The van der Waals surface area contributed by atoms with Crippen molar-refractivity contribution in [3.05, 3.63) is 40.9 Å². The fourth-order valence-corrected chi connectivity index (χ4v) is 4.20. The minimum Gasteiger partial charge on any atom is -0.377 e. The van der Waals surface area contributed by atoms with Crippen LogP contribution in [-0.2, 0) is 11.2 Å². The summed E-state index contributed by atoms with van der Waals surface area (Å²) in [7, 11) is 0. The second-order valence-corrected chi connectivity index (χ2v) is 8.26. The van der Waals surface area contributed by atoms with Crippen LogP contribution < -0.4 is 4.90 Å². The van der Waals surface area contributed by atoms with Gasteiger partial charge in [0, 0.05) is 25.6 Å². The topological polar surface area (TPSA) is 38.2 Å². The van der Waals surface area contributed by atoms with Crippen LogP contribution in [0.15, 0.2) is 30.3 Å². The van der Waals surface area contributed by atoms with Crippen molar-refractivity contribution < 1.29 is 4.74 Å². The monoisotopic (exact) mass is 343 g/mol. The third-order valence-electron chi connectivity index (χ3n) is 5.03. The lowest BCUT2D eigenvalue weighted by molar-refractivity contribution is -0.00481. The summed E-state index contributed by atoms with van der Waals surface area (Å²) < 4.78 is 6.32. The number of anilines is 1. The van der Waals surface area contributed by atoms with Crippen molar-refractivity contribution in [2.75, 3.05) is 24.6 Å². The van der Waals surface area contributed by atoms with Crippen molar-refractivity contribution in [1.29, 1.82) is 0 Å². The summed E-state index contributed by atoms with van der Waals surface area (Å²) in [5.41, 5.74) is 1.40. The molecule has 5 heteroatoms. The van der Waals surface area contributed by atoms with Gasteiger partial charge in [0.05, 0.1) is 6.10 Å². The minimum atomic E-state index is 0.371. The Kier molecular flexibility index (Phi) is 4.81. The highest BCUT2D eigenvalue weighted by molar-refractivity contribution is 7.15. The maximum Gasteiger partial charge on any atom is 0.208 e. The predicted molar refractivity (Wildman–Crippen MR) is 97.6 cm³/mol. The van der Waals surface area contributed by atoms with E-state index in [9.17, 15) is 0 Å². The van der Waals surface area contributed by atoms with Gasteiger partial charge in [-0.1, -0.05) is 41.7 Å². The number of aryl methyl sites for hydroxylation is 1. The summed E-state index contributed by atoms with van der Waals surface area (Å²) in [6, 6.07) is 10.8. The van der Waals surface area contributed by atoms with E-state index in [4.69, 9.17) is 4.74 Å². The van der Waals surface area contributed by atoms with Crippen molar-refractivity contribution in [3.63, 3.8) is 0 Å². The number of aromatic nitrogens is 2. The van der Waals surface area contributed by atoms with Gasteiger partial charge in [-0.25, -0.2) is 0 Å². The molecule has 2 atom stereocenters. The van der Waals surface area contributed by atoms with Gasteiger partial charge in [-0.3, -0.25) is 0 Å². The zero-order chi connectivity index (χ0) is 16.4. The zero-order valence-corrected chi connectivity index (χ0v) is 15.0. The Morgan fingerprint density at radius 1 is 1.17 bits per heavy atom. The van der Waals surface area contributed by atoms with Crippen LogP contribution in [0.4, 0.5) is 5.13 Å². The summed E-state index contributed by atoms with van der Waals surface area (Å²) in [4.78, 5) is 2.40. The van der Waals surface area contributed by atoms with Gasteiger partial charge in [0.15, 0.2) is 0 Å². The Hall–Kier alpha value is -1.46. The number of piperidine rings is 1. The van der Waals surface area contributed by atoms with E-state index in [0.717, 1.165) is 48.6 Å². The van der Waals surface area contributed by atoms with Crippen LogP contribution in [-0.4, -0.2) is 36.0 Å². The molecule has 0 spiro atoms. The van der Waals surface area contributed by atoms with Crippen LogP contribution >= 0.6 is 11.3 Å². The molecule has 0 radical (unpaired) electrons. The average molecular weight is 343 g/mol. The molecule has 128 valence electrons. The molecule has 2 aliphatic rings. The number of ether oxygens (including phenoxy) is 1. The predicted octanol–water partition coefficient (Wildman–Crippen LogP) is 3.71. The zero-order valence-electron chi connectivity index (χ0n) is 14.2. The van der Waals surface area contributed by atoms with Crippen LogP contribution in [0.5, 0.6) is 0 Å². The number of rotatable bonds is 6. The second kappa shape index (κ2) is 7.19. The maximum atomic E-state index is 6.32. The highest BCUT2D eigenvalue weighted by Crippen LogP contribution is 2.33. The molecule has 0 unspecified atom stereocenters. The lowest BCUT2D eigenvalue weighted by Gasteiger charge is -2.38. The molecule has 0 bridgehead atoms. The van der Waals surface area contributed by atoms with Crippen molar-refractivity contribution >= 4 is 16.5 Å². The molecule has 0 amide bonds. The Morgan fingerprint density at radius 3 is 2.71 bits per heavy atom. The van der Waals surface area contributed by atoms with E-state index in [-0.39, 0.29) is 0 Å². The second-order valence-electron chi connectivity index (χ2n) is 7.10. The summed E-state index contributed by atoms with van der Waals surface area (Å²) in [5, 5.41) is 10.6. The molecule has 4 rings (SSSR count). The lowest BCUT2D eigenvalue weighted by atomic mass is 9.88. The number of hydrogen-bond acceptors (Lipinski definition) is 5. The molecule has 1 aromatic heterocycles. The van der Waals surface area contributed by atoms with Gasteiger partial charge in [0.1, 0.15) is 5.01 Å². The first-order chi connectivity index (χ1) is 11.8. The van der Waals surface area contributed by atoms with Crippen LogP contribution in [0.25, 0.3) is 0 Å². The summed E-state index contributed by atoms with van der Waals surface area (Å²) in [5.74, 6) is 1.34. The molecule has 2 fully saturated rings. The van der Waals surface area contributed by atoms with E-state index in [0.29, 0.717) is 12.0 Å². The van der Waals surface area contributed by atoms with Crippen molar-refractivity contribution in [2.24, 2.45) is 11.8 Å². The van der Waals surface area contributed by atoms with Crippen LogP contribution in [0.1, 0.15) is 29.8 Å². The number of benzene rings is 1. The van der Waals surface area contributed by atoms with Gasteiger partial charge in [-0.15, -0.1) is 10.2 Å². The molecule has 1 aliphatic heterocycles. The van der Waals surface area contributed by atoms with Gasteiger partial charge < -0.3 is 9.64 Å². The SMILES string of the molecule is Cc1nnc(N2CC[C@H](OCC3CC3)[C@H](Cc3ccccc3)C2)s1. The number of nitrogens with zero attached hydrogens (tertiary/aromatic N) is 3. The normalized spacial score (nSPS) is 24.3. The standard InChI is InChI=1S/C19H25N3OS/c1-14-20-21-19(24-14)22-10-9-18(23-13-16-7-8-16)17(12-22)11-15-5-3-2-4-6-15/h2-6,16-18H,7-13H2,1H3/t17-,18+/m1/s1. The Labute approximate surface area is 147 Å². The smallest absolute Gasteiger partial charge is 0.208 e. The summed E-state index contributed by atoms with van der Waals surface area (Å²) >= 11 is 1.69. The highest BCUT2D eigenvalue weighted by atomic mass is 32.1. The van der Waals surface area contributed by atoms with E-state index in [1.165, 1.54) is 18.4 Å². The fraction of sp³-hybridized carbons (Fsp3) is 0.579. The molecule has 1 aliphatic carbocycles. The third-order valence-corrected chi connectivity index (χ3v) is 5.93. The van der Waals surface area contributed by atoms with E-state index in [1.807, 2.05) is 6.92 Å². The largest absolute Gasteiger partial charge is 0.377 e. The van der Waals surface area contributed by atoms with Crippen molar-refractivity contribution in [2.45, 2.75) is 38.7 Å². The molecular weight excluding hydrogens is 318 g/mol. The molecule has 1 saturated carbocycles. The first kappa shape index (κ1) is 16.0. The Morgan fingerprint density at radius 2 is 2.00 bits per heavy atom. The molecular formula is C19H25N3OS. The number of hydrogen-bond donors (Lipinski definition) is 0. The lowest BCUT2D eigenvalue weighted by Crippen LogP contribution is -2.45. The summed E-state index contributed by atoms with van der Waals surface area (Å²) in [6.07, 6.45) is 5.24. The minimum absolute atomic E-state index is 0.371. The summed E-state index contributed by atoms with van der Waals surface area (Å²) in [6.45, 7) is 5.01. The third kappa shape index (κ3) is 3.95. The van der Waals surface area contributed by atoms with Gasteiger partial charge in [0.2, 0.25) is 5.13 Å². The molecule has 0 N–H and O–H groups in total. The van der Waals surface area contributed by atoms with Crippen molar-refractivity contribution in [1.82, 2.24) is 10.2 Å². The quantitative estimate of drug-likeness (QED) is 0.801.